The molecule has 0 saturated carbocycles. The Morgan fingerprint density at radius 2 is 2.29 bits per heavy atom. The van der Waals surface area contributed by atoms with Gasteiger partial charge in [-0.1, -0.05) is 11.6 Å². The van der Waals surface area contributed by atoms with Gasteiger partial charge in [0, 0.05) is 31.5 Å². The lowest BCUT2D eigenvalue weighted by molar-refractivity contribution is 0.0904. The van der Waals surface area contributed by atoms with Gasteiger partial charge >= 0.3 is 0 Å². The van der Waals surface area contributed by atoms with Gasteiger partial charge in [-0.3, -0.25) is 4.79 Å². The summed E-state index contributed by atoms with van der Waals surface area (Å²) in [4.78, 5) is 19.0. The molecule has 2 fully saturated rings. The van der Waals surface area contributed by atoms with Crippen LogP contribution in [-0.4, -0.2) is 45.9 Å². The summed E-state index contributed by atoms with van der Waals surface area (Å²) in [5, 5.41) is 3.76. The van der Waals surface area contributed by atoms with Crippen molar-refractivity contribution in [3.63, 3.8) is 0 Å². The zero-order valence-electron chi connectivity index (χ0n) is 11.6. The van der Waals surface area contributed by atoms with E-state index in [0.717, 1.165) is 24.4 Å². The minimum Gasteiger partial charge on any atom is -0.347 e. The number of carbonyl (C=O) groups excluding carboxylic acids is 1. The number of nitrogens with one attached hydrogen (secondary N) is 1. The number of piperidine rings is 1. The second-order valence-corrected chi connectivity index (χ2v) is 6.52. The van der Waals surface area contributed by atoms with Crippen LogP contribution in [0.2, 0.25) is 5.02 Å². The van der Waals surface area contributed by atoms with E-state index in [9.17, 15) is 4.79 Å². The SMILES string of the molecule is O=C(N[C@@H]1CC2CCN(C2)C1)c1cn2cc(Cl)cc2cn1. The number of rotatable bonds is 2. The quantitative estimate of drug-likeness (QED) is 0.920. The van der Waals surface area contributed by atoms with Crippen molar-refractivity contribution in [2.24, 2.45) is 5.92 Å². The fourth-order valence-electron chi connectivity index (χ4n) is 3.52. The van der Waals surface area contributed by atoms with E-state index in [1.807, 2.05) is 10.5 Å². The lowest BCUT2D eigenvalue weighted by Gasteiger charge is -2.30. The third kappa shape index (κ3) is 2.51. The van der Waals surface area contributed by atoms with Crippen LogP contribution in [0, 0.1) is 5.92 Å². The summed E-state index contributed by atoms with van der Waals surface area (Å²) in [7, 11) is 0. The summed E-state index contributed by atoms with van der Waals surface area (Å²) in [6, 6.07) is 2.06. The molecule has 2 unspecified atom stereocenters. The fourth-order valence-corrected chi connectivity index (χ4v) is 3.73. The van der Waals surface area contributed by atoms with E-state index in [2.05, 4.69) is 15.2 Å². The van der Waals surface area contributed by atoms with Crippen LogP contribution in [0.1, 0.15) is 23.3 Å². The van der Waals surface area contributed by atoms with Crippen LogP contribution in [0.5, 0.6) is 0 Å². The number of amides is 1. The number of hydrogen-bond acceptors (Lipinski definition) is 3. The van der Waals surface area contributed by atoms with Gasteiger partial charge in [0.2, 0.25) is 0 Å². The third-order valence-electron chi connectivity index (χ3n) is 4.48. The Hall–Kier alpha value is -1.59. The van der Waals surface area contributed by atoms with Crippen LogP contribution >= 0.6 is 11.6 Å². The molecular formula is C15H17ClN4O. The Morgan fingerprint density at radius 1 is 1.38 bits per heavy atom. The highest BCUT2D eigenvalue weighted by molar-refractivity contribution is 6.31. The first-order valence-corrected chi connectivity index (χ1v) is 7.71. The van der Waals surface area contributed by atoms with Crippen LogP contribution in [0.3, 0.4) is 0 Å². The number of hydrogen-bond donors (Lipinski definition) is 1. The Morgan fingerprint density at radius 3 is 3.14 bits per heavy atom. The smallest absolute Gasteiger partial charge is 0.271 e. The summed E-state index contributed by atoms with van der Waals surface area (Å²) < 4.78 is 1.83. The Balaban J connectivity index is 1.50. The van der Waals surface area contributed by atoms with Gasteiger partial charge < -0.3 is 14.6 Å². The summed E-state index contributed by atoms with van der Waals surface area (Å²) >= 11 is 5.95. The average Bonchev–Trinajstić information content (AvgIpc) is 2.99. The van der Waals surface area contributed by atoms with Crippen LogP contribution < -0.4 is 5.32 Å². The van der Waals surface area contributed by atoms with E-state index in [0.29, 0.717) is 10.7 Å². The van der Waals surface area contributed by atoms with Gasteiger partial charge in [0.25, 0.3) is 5.91 Å². The van der Waals surface area contributed by atoms with Gasteiger partial charge in [0.1, 0.15) is 5.69 Å². The number of aromatic nitrogens is 2. The van der Waals surface area contributed by atoms with Crippen LogP contribution in [0.15, 0.2) is 24.7 Å². The molecule has 5 nitrogen and oxygen atoms in total. The predicted octanol–water partition coefficient (Wildman–Crippen LogP) is 1.81. The van der Waals surface area contributed by atoms with Gasteiger partial charge in [-0.15, -0.1) is 0 Å². The largest absolute Gasteiger partial charge is 0.347 e. The van der Waals surface area contributed by atoms with Crippen molar-refractivity contribution in [2.75, 3.05) is 19.6 Å². The Labute approximate surface area is 127 Å². The molecule has 21 heavy (non-hydrogen) atoms. The molecule has 3 atom stereocenters. The maximum absolute atomic E-state index is 12.4. The molecule has 0 aromatic carbocycles. The molecule has 2 saturated heterocycles. The van der Waals surface area contributed by atoms with Crippen molar-refractivity contribution in [1.29, 1.82) is 0 Å². The second-order valence-electron chi connectivity index (χ2n) is 6.08. The van der Waals surface area contributed by atoms with E-state index in [1.165, 1.54) is 19.5 Å². The molecule has 0 spiro atoms. The number of carbonyl (C=O) groups is 1. The second kappa shape index (κ2) is 5.00. The number of nitrogens with zero attached hydrogens (tertiary/aromatic N) is 3. The van der Waals surface area contributed by atoms with Crippen molar-refractivity contribution < 1.29 is 4.79 Å². The summed E-state index contributed by atoms with van der Waals surface area (Å²) in [5.41, 5.74) is 1.32. The number of halogens is 1. The molecular weight excluding hydrogens is 288 g/mol. The first-order valence-electron chi connectivity index (χ1n) is 7.34. The first-order chi connectivity index (χ1) is 10.2. The number of fused-ring (bicyclic) bond motifs is 3. The van der Waals surface area contributed by atoms with Gasteiger partial charge in [0.15, 0.2) is 0 Å². The summed E-state index contributed by atoms with van der Waals surface area (Å²) in [6.45, 7) is 3.32. The molecule has 2 aromatic heterocycles. The van der Waals surface area contributed by atoms with Crippen molar-refractivity contribution >= 4 is 23.0 Å². The monoisotopic (exact) mass is 304 g/mol. The molecule has 6 heteroatoms. The molecule has 2 aliphatic rings. The van der Waals surface area contributed by atoms with Crippen molar-refractivity contribution in [3.05, 3.63) is 35.4 Å². The molecule has 0 radical (unpaired) electrons. The zero-order valence-corrected chi connectivity index (χ0v) is 12.4. The molecule has 0 aliphatic carbocycles. The van der Waals surface area contributed by atoms with E-state index in [1.54, 1.807) is 18.6 Å². The molecule has 4 heterocycles. The molecule has 1 N–H and O–H groups in total. The topological polar surface area (TPSA) is 49.6 Å². The van der Waals surface area contributed by atoms with E-state index >= 15 is 0 Å². The van der Waals surface area contributed by atoms with E-state index in [4.69, 9.17) is 11.6 Å². The maximum Gasteiger partial charge on any atom is 0.271 e. The maximum atomic E-state index is 12.4. The lowest BCUT2D eigenvalue weighted by atomic mass is 9.97. The van der Waals surface area contributed by atoms with Crippen molar-refractivity contribution in [3.8, 4) is 0 Å². The summed E-state index contributed by atoms with van der Waals surface area (Å²) in [5.74, 6) is 0.636. The fraction of sp³-hybridized carbons (Fsp3) is 0.467. The van der Waals surface area contributed by atoms with Crippen molar-refractivity contribution in [1.82, 2.24) is 19.6 Å². The Kier molecular flexibility index (Phi) is 3.12. The molecule has 110 valence electrons. The highest BCUT2D eigenvalue weighted by Gasteiger charge is 2.33. The normalized spacial score (nSPS) is 28.0. The molecule has 2 aliphatic heterocycles. The van der Waals surface area contributed by atoms with E-state index < -0.39 is 0 Å². The van der Waals surface area contributed by atoms with Crippen LogP contribution in [0.4, 0.5) is 0 Å². The highest BCUT2D eigenvalue weighted by Crippen LogP contribution is 2.26. The molecule has 2 bridgehead atoms. The van der Waals surface area contributed by atoms with Crippen LogP contribution in [0.25, 0.3) is 5.52 Å². The van der Waals surface area contributed by atoms with Gasteiger partial charge in [-0.05, 0) is 31.4 Å². The highest BCUT2D eigenvalue weighted by atomic mass is 35.5. The summed E-state index contributed by atoms with van der Waals surface area (Å²) in [6.07, 6.45) is 7.53. The van der Waals surface area contributed by atoms with Gasteiger partial charge in [-0.2, -0.15) is 0 Å². The molecule has 2 aromatic rings. The minimum atomic E-state index is -0.103. The van der Waals surface area contributed by atoms with Crippen LogP contribution in [-0.2, 0) is 0 Å². The van der Waals surface area contributed by atoms with Gasteiger partial charge in [0.05, 0.1) is 16.7 Å². The first kappa shape index (κ1) is 13.1. The van der Waals surface area contributed by atoms with Gasteiger partial charge in [-0.25, -0.2) is 4.98 Å². The average molecular weight is 305 g/mol. The van der Waals surface area contributed by atoms with Crippen molar-refractivity contribution in [2.45, 2.75) is 18.9 Å². The lowest BCUT2D eigenvalue weighted by Crippen LogP contribution is -2.47. The minimum absolute atomic E-state index is 0.103. The Bertz CT molecular complexity index is 686. The third-order valence-corrected chi connectivity index (χ3v) is 4.68. The molecule has 4 rings (SSSR count). The van der Waals surface area contributed by atoms with E-state index in [-0.39, 0.29) is 11.9 Å². The zero-order chi connectivity index (χ0) is 14.4. The standard InChI is InChI=1S/C15H17ClN4O/c16-11-4-13-5-17-14(9-20(13)7-11)15(21)18-12-3-10-1-2-19(6-10)8-12/h4-5,7,9-10,12H,1-3,6,8H2,(H,18,21)/t10?,12-/m1/s1. The molecule has 1 amide bonds. The predicted molar refractivity (Wildman–Crippen MR) is 80.6 cm³/mol.